The van der Waals surface area contributed by atoms with Crippen LogP contribution in [0.2, 0.25) is 5.02 Å². The monoisotopic (exact) mass is 619 g/mol. The van der Waals surface area contributed by atoms with Gasteiger partial charge in [0.2, 0.25) is 11.8 Å². The highest BCUT2D eigenvalue weighted by Gasteiger charge is 2.32. The van der Waals surface area contributed by atoms with Crippen LogP contribution in [0.15, 0.2) is 108 Å². The Hall–Kier alpha value is -4.34. The molecule has 0 aliphatic heterocycles. The molecule has 224 valence electrons. The van der Waals surface area contributed by atoms with E-state index in [2.05, 4.69) is 5.32 Å². The van der Waals surface area contributed by atoms with Crippen LogP contribution in [0.1, 0.15) is 25.0 Å². The second-order valence-electron chi connectivity index (χ2n) is 9.96. The Morgan fingerprint density at radius 3 is 2.16 bits per heavy atom. The van der Waals surface area contributed by atoms with Gasteiger partial charge in [0, 0.05) is 18.1 Å². The average molecular weight is 620 g/mol. The molecule has 1 atom stereocenters. The highest BCUT2D eigenvalue weighted by Crippen LogP contribution is 2.29. The second kappa shape index (κ2) is 14.2. The molecule has 0 spiro atoms. The van der Waals surface area contributed by atoms with Gasteiger partial charge in [-0.25, -0.2) is 8.42 Å². The largest absolute Gasteiger partial charge is 0.457 e. The number of carbonyl (C=O) groups excluding carboxylic acids is 2. The summed E-state index contributed by atoms with van der Waals surface area (Å²) < 4.78 is 35.0. The lowest BCUT2D eigenvalue weighted by atomic mass is 10.1. The number of amides is 2. The smallest absolute Gasteiger partial charge is 0.264 e. The zero-order valence-corrected chi connectivity index (χ0v) is 25.8. The minimum Gasteiger partial charge on any atom is -0.457 e. The van der Waals surface area contributed by atoms with Crippen LogP contribution in [0, 0.1) is 6.92 Å². The molecule has 4 aromatic carbocycles. The molecule has 0 aliphatic carbocycles. The van der Waals surface area contributed by atoms with Crippen LogP contribution in [-0.2, 0) is 26.2 Å². The quantitative estimate of drug-likeness (QED) is 0.204. The number of hydrogen-bond donors (Lipinski definition) is 1. The Labute approximate surface area is 257 Å². The maximum absolute atomic E-state index is 14.0. The third-order valence-electron chi connectivity index (χ3n) is 6.75. The first-order chi connectivity index (χ1) is 20.6. The Morgan fingerprint density at radius 1 is 0.884 bits per heavy atom. The highest BCUT2D eigenvalue weighted by atomic mass is 35.5. The van der Waals surface area contributed by atoms with Crippen molar-refractivity contribution in [2.24, 2.45) is 0 Å². The summed E-state index contributed by atoms with van der Waals surface area (Å²) in [5.41, 5.74) is 1.86. The number of ether oxygens (including phenoxy) is 1. The molecule has 2 amide bonds. The standard InChI is InChI=1S/C33H34ClN3O5S/c1-4-35-33(39)25(3)36(22-26-9-8-10-27(34)21-26)32(38)23-37(43(40,41)31-19-13-24(2)14-20-31)28-15-17-30(18-16-28)42-29-11-6-5-7-12-29/h5-21,25H,4,22-23H2,1-3H3,(H,35,39)/t25-/m0/s1. The molecule has 4 rings (SSSR count). The van der Waals surface area contributed by atoms with E-state index in [1.165, 1.54) is 17.0 Å². The van der Waals surface area contributed by atoms with Gasteiger partial charge in [-0.05, 0) is 87.0 Å². The molecule has 0 unspecified atom stereocenters. The first-order valence-corrected chi connectivity index (χ1v) is 15.6. The van der Waals surface area contributed by atoms with Crippen molar-refractivity contribution < 1.29 is 22.7 Å². The third kappa shape index (κ3) is 8.15. The number of carbonyl (C=O) groups is 2. The zero-order chi connectivity index (χ0) is 31.0. The lowest BCUT2D eigenvalue weighted by Gasteiger charge is -2.32. The molecule has 0 radical (unpaired) electrons. The number of halogens is 1. The average Bonchev–Trinajstić information content (AvgIpc) is 2.99. The first-order valence-electron chi connectivity index (χ1n) is 13.8. The van der Waals surface area contributed by atoms with E-state index in [0.29, 0.717) is 28.6 Å². The lowest BCUT2D eigenvalue weighted by Crippen LogP contribution is -2.51. The molecule has 4 aromatic rings. The van der Waals surface area contributed by atoms with Crippen LogP contribution < -0.4 is 14.4 Å². The van der Waals surface area contributed by atoms with Gasteiger partial charge >= 0.3 is 0 Å². The fraction of sp³-hybridized carbons (Fsp3) is 0.212. The maximum atomic E-state index is 14.0. The molecule has 0 aliphatic rings. The number of sulfonamides is 1. The van der Waals surface area contributed by atoms with Crippen LogP contribution in [-0.4, -0.2) is 44.3 Å². The Bertz CT molecular complexity index is 1650. The Balaban J connectivity index is 1.70. The molecule has 8 nitrogen and oxygen atoms in total. The van der Waals surface area contributed by atoms with Gasteiger partial charge in [0.15, 0.2) is 0 Å². The fourth-order valence-electron chi connectivity index (χ4n) is 4.41. The normalized spacial score (nSPS) is 11.8. The topological polar surface area (TPSA) is 96.0 Å². The van der Waals surface area contributed by atoms with Crippen molar-refractivity contribution in [3.8, 4) is 11.5 Å². The van der Waals surface area contributed by atoms with E-state index in [0.717, 1.165) is 9.87 Å². The van der Waals surface area contributed by atoms with Gasteiger partial charge in [0.05, 0.1) is 10.6 Å². The summed E-state index contributed by atoms with van der Waals surface area (Å²) in [7, 11) is -4.18. The van der Waals surface area contributed by atoms with Crippen molar-refractivity contribution in [1.82, 2.24) is 10.2 Å². The number of nitrogens with one attached hydrogen (secondary N) is 1. The van der Waals surface area contributed by atoms with E-state index in [-0.39, 0.29) is 23.0 Å². The highest BCUT2D eigenvalue weighted by molar-refractivity contribution is 7.92. The Kier molecular flexibility index (Phi) is 10.4. The van der Waals surface area contributed by atoms with Gasteiger partial charge in [-0.2, -0.15) is 0 Å². The van der Waals surface area contributed by atoms with Crippen LogP contribution in [0.4, 0.5) is 5.69 Å². The van der Waals surface area contributed by atoms with Crippen LogP contribution in [0.3, 0.4) is 0 Å². The van der Waals surface area contributed by atoms with E-state index in [4.69, 9.17) is 16.3 Å². The van der Waals surface area contributed by atoms with Crippen LogP contribution >= 0.6 is 11.6 Å². The molecule has 0 fully saturated rings. The van der Waals surface area contributed by atoms with Gasteiger partial charge < -0.3 is 15.0 Å². The third-order valence-corrected chi connectivity index (χ3v) is 8.77. The number of hydrogen-bond acceptors (Lipinski definition) is 5. The predicted octanol–water partition coefficient (Wildman–Crippen LogP) is 6.19. The number of likely N-dealkylation sites (N-methyl/N-ethyl adjacent to an activating group) is 1. The molecule has 0 saturated heterocycles. The van der Waals surface area contributed by atoms with Crippen molar-refractivity contribution >= 4 is 39.1 Å². The number of anilines is 1. The summed E-state index contributed by atoms with van der Waals surface area (Å²) in [5, 5.41) is 3.23. The number of nitrogens with zero attached hydrogens (tertiary/aromatic N) is 2. The molecule has 0 heterocycles. The fourth-order valence-corrected chi connectivity index (χ4v) is 6.03. The second-order valence-corrected chi connectivity index (χ2v) is 12.3. The molecule has 0 aromatic heterocycles. The van der Waals surface area contributed by atoms with Crippen molar-refractivity contribution in [3.05, 3.63) is 119 Å². The van der Waals surface area contributed by atoms with Crippen molar-refractivity contribution in [2.45, 2.75) is 38.3 Å². The SMILES string of the molecule is CCNC(=O)[C@H](C)N(Cc1cccc(Cl)c1)C(=O)CN(c1ccc(Oc2ccccc2)cc1)S(=O)(=O)c1ccc(C)cc1. The molecule has 0 bridgehead atoms. The van der Waals surface area contributed by atoms with E-state index in [1.54, 1.807) is 74.5 Å². The van der Waals surface area contributed by atoms with Gasteiger partial charge in [0.1, 0.15) is 24.1 Å². The maximum Gasteiger partial charge on any atom is 0.264 e. The summed E-state index contributed by atoms with van der Waals surface area (Å²) in [6, 6.07) is 28.2. The number of para-hydroxylation sites is 1. The molecular formula is C33H34ClN3O5S. The summed E-state index contributed by atoms with van der Waals surface area (Å²) in [5.74, 6) is 0.222. The zero-order valence-electron chi connectivity index (χ0n) is 24.2. The van der Waals surface area contributed by atoms with Gasteiger partial charge in [-0.1, -0.05) is 59.6 Å². The van der Waals surface area contributed by atoms with E-state index in [1.807, 2.05) is 37.3 Å². The van der Waals surface area contributed by atoms with E-state index in [9.17, 15) is 18.0 Å². The van der Waals surface area contributed by atoms with Gasteiger partial charge in [-0.15, -0.1) is 0 Å². The number of benzene rings is 4. The summed E-state index contributed by atoms with van der Waals surface area (Å²) in [4.78, 5) is 28.2. The molecule has 10 heteroatoms. The number of aryl methyl sites for hydroxylation is 1. The Morgan fingerprint density at radius 2 is 1.53 bits per heavy atom. The van der Waals surface area contributed by atoms with Gasteiger partial charge in [-0.3, -0.25) is 13.9 Å². The summed E-state index contributed by atoms with van der Waals surface area (Å²) in [6.07, 6.45) is 0. The van der Waals surface area contributed by atoms with Gasteiger partial charge in [0.25, 0.3) is 10.0 Å². The summed E-state index contributed by atoms with van der Waals surface area (Å²) in [6.45, 7) is 5.16. The van der Waals surface area contributed by atoms with Crippen LogP contribution in [0.25, 0.3) is 0 Å². The molecule has 1 N–H and O–H groups in total. The first kappa shape index (κ1) is 31.6. The van der Waals surface area contributed by atoms with E-state index < -0.39 is 28.5 Å². The minimum atomic E-state index is -4.18. The van der Waals surface area contributed by atoms with E-state index >= 15 is 0 Å². The van der Waals surface area contributed by atoms with Crippen molar-refractivity contribution in [1.29, 1.82) is 0 Å². The van der Waals surface area contributed by atoms with Crippen molar-refractivity contribution in [2.75, 3.05) is 17.4 Å². The predicted molar refractivity (Wildman–Crippen MR) is 169 cm³/mol. The minimum absolute atomic E-state index is 0.0358. The van der Waals surface area contributed by atoms with Crippen molar-refractivity contribution in [3.63, 3.8) is 0 Å². The molecule has 0 saturated carbocycles. The molecule has 43 heavy (non-hydrogen) atoms. The molecular weight excluding hydrogens is 586 g/mol. The summed E-state index contributed by atoms with van der Waals surface area (Å²) >= 11 is 6.19. The number of rotatable bonds is 12. The lowest BCUT2D eigenvalue weighted by molar-refractivity contribution is -0.139. The van der Waals surface area contributed by atoms with Crippen LogP contribution in [0.5, 0.6) is 11.5 Å².